The zero-order chi connectivity index (χ0) is 20.9. The second-order valence-electron chi connectivity index (χ2n) is 6.81. The molecule has 9 heteroatoms. The molecule has 0 saturated carbocycles. The van der Waals surface area contributed by atoms with E-state index in [1.54, 1.807) is 0 Å². The van der Waals surface area contributed by atoms with Crippen molar-refractivity contribution >= 4 is 23.2 Å². The standard InChI is InChI=1S/C19H17F3N4OS/c1-17(14-9-8-13(10-23)28-14)19(22,15(27)26(3)16(24)25-17)12-6-4-11(5-7-12)18(2,20)21/h4-9H,1-3H3,(H2,24,25). The minimum absolute atomic E-state index is 0.122. The number of hydrogen-bond donors (Lipinski definition) is 1. The number of carbonyl (C=O) groups excluding carboxylic acids is 1. The van der Waals surface area contributed by atoms with Crippen LogP contribution in [0.3, 0.4) is 0 Å². The molecule has 1 aromatic carbocycles. The van der Waals surface area contributed by atoms with Crippen LogP contribution in [0.4, 0.5) is 13.2 Å². The van der Waals surface area contributed by atoms with Crippen molar-refractivity contribution in [1.29, 1.82) is 5.26 Å². The topological polar surface area (TPSA) is 82.5 Å². The molecule has 1 amide bonds. The molecule has 28 heavy (non-hydrogen) atoms. The summed E-state index contributed by atoms with van der Waals surface area (Å²) in [6.45, 7) is 2.14. The van der Waals surface area contributed by atoms with Gasteiger partial charge in [-0.3, -0.25) is 9.69 Å². The molecular weight excluding hydrogens is 389 g/mol. The van der Waals surface area contributed by atoms with Crippen LogP contribution < -0.4 is 5.73 Å². The van der Waals surface area contributed by atoms with Gasteiger partial charge in [-0.15, -0.1) is 11.3 Å². The number of aliphatic imine (C=N–C) groups is 1. The van der Waals surface area contributed by atoms with Crippen LogP contribution in [0, 0.1) is 11.3 Å². The molecule has 0 spiro atoms. The highest BCUT2D eigenvalue weighted by Crippen LogP contribution is 2.51. The van der Waals surface area contributed by atoms with Crippen molar-refractivity contribution in [2.75, 3.05) is 7.05 Å². The fraction of sp³-hybridized carbons (Fsp3) is 0.316. The summed E-state index contributed by atoms with van der Waals surface area (Å²) >= 11 is 0.993. The van der Waals surface area contributed by atoms with Crippen LogP contribution in [0.15, 0.2) is 41.4 Å². The van der Waals surface area contributed by atoms with Crippen LogP contribution in [0.1, 0.15) is 34.7 Å². The van der Waals surface area contributed by atoms with Crippen molar-refractivity contribution in [3.63, 3.8) is 0 Å². The first-order valence-electron chi connectivity index (χ1n) is 8.27. The summed E-state index contributed by atoms with van der Waals surface area (Å²) in [5.74, 6) is -4.24. The number of rotatable bonds is 3. The van der Waals surface area contributed by atoms with Gasteiger partial charge in [-0.1, -0.05) is 24.3 Å². The fourth-order valence-corrected chi connectivity index (χ4v) is 4.15. The van der Waals surface area contributed by atoms with Gasteiger partial charge in [-0.05, 0) is 19.1 Å². The van der Waals surface area contributed by atoms with Crippen molar-refractivity contribution in [2.24, 2.45) is 10.7 Å². The van der Waals surface area contributed by atoms with E-state index in [-0.39, 0.29) is 17.1 Å². The molecule has 5 nitrogen and oxygen atoms in total. The Hall–Kier alpha value is -2.86. The van der Waals surface area contributed by atoms with Crippen LogP contribution >= 0.6 is 11.3 Å². The number of halogens is 3. The summed E-state index contributed by atoms with van der Waals surface area (Å²) < 4.78 is 43.7. The van der Waals surface area contributed by atoms with Crippen molar-refractivity contribution in [2.45, 2.75) is 31.0 Å². The molecule has 0 fully saturated rings. The van der Waals surface area contributed by atoms with Crippen LogP contribution in [-0.4, -0.2) is 23.8 Å². The van der Waals surface area contributed by atoms with E-state index in [9.17, 15) is 13.6 Å². The van der Waals surface area contributed by atoms with Gasteiger partial charge in [0.05, 0.1) is 0 Å². The number of thiophene rings is 1. The highest BCUT2D eigenvalue weighted by atomic mass is 32.1. The molecule has 1 aliphatic heterocycles. The molecule has 146 valence electrons. The van der Waals surface area contributed by atoms with Gasteiger partial charge >= 0.3 is 0 Å². The van der Waals surface area contributed by atoms with Gasteiger partial charge in [0.15, 0.2) is 5.96 Å². The first kappa shape index (κ1) is 19.9. The summed E-state index contributed by atoms with van der Waals surface area (Å²) in [5, 5.41) is 9.09. The molecule has 0 aliphatic carbocycles. The monoisotopic (exact) mass is 406 g/mol. The van der Waals surface area contributed by atoms with Gasteiger partial charge < -0.3 is 5.73 Å². The van der Waals surface area contributed by atoms with Gasteiger partial charge in [0.2, 0.25) is 5.67 Å². The molecule has 0 radical (unpaired) electrons. The quantitative estimate of drug-likeness (QED) is 0.846. The Balaban J connectivity index is 2.24. The second-order valence-corrected chi connectivity index (χ2v) is 7.89. The number of guanidine groups is 1. The summed E-state index contributed by atoms with van der Waals surface area (Å²) in [7, 11) is 1.29. The Labute approximate surface area is 163 Å². The first-order chi connectivity index (χ1) is 12.9. The van der Waals surface area contributed by atoms with Crippen molar-refractivity contribution in [3.8, 4) is 6.07 Å². The number of nitriles is 1. The molecule has 2 heterocycles. The molecule has 1 aromatic heterocycles. The van der Waals surface area contributed by atoms with E-state index in [2.05, 4.69) is 4.99 Å². The van der Waals surface area contributed by atoms with Crippen LogP contribution in [0.25, 0.3) is 0 Å². The third kappa shape index (κ3) is 2.76. The van der Waals surface area contributed by atoms with Gasteiger partial charge in [-0.25, -0.2) is 18.2 Å². The fourth-order valence-electron chi connectivity index (χ4n) is 3.21. The summed E-state index contributed by atoms with van der Waals surface area (Å²) in [6, 6.07) is 9.47. The van der Waals surface area contributed by atoms with Crippen molar-refractivity contribution < 1.29 is 18.0 Å². The minimum Gasteiger partial charge on any atom is -0.369 e. The lowest BCUT2D eigenvalue weighted by atomic mass is 9.74. The van der Waals surface area contributed by atoms with Crippen LogP contribution in [0.2, 0.25) is 0 Å². The lowest BCUT2D eigenvalue weighted by molar-refractivity contribution is -0.146. The lowest BCUT2D eigenvalue weighted by Gasteiger charge is -2.44. The summed E-state index contributed by atoms with van der Waals surface area (Å²) in [5.41, 5.74) is 0.934. The SMILES string of the molecule is CN1C(=O)C(F)(c2ccc(C(C)(F)F)cc2)C(C)(c2ccc(C#N)s2)N=C1N. The van der Waals surface area contributed by atoms with Crippen molar-refractivity contribution in [1.82, 2.24) is 4.90 Å². The Morgan fingerprint density at radius 2 is 1.86 bits per heavy atom. The van der Waals surface area contributed by atoms with Gasteiger partial charge in [0, 0.05) is 30.0 Å². The van der Waals surface area contributed by atoms with Crippen molar-refractivity contribution in [3.05, 3.63) is 57.3 Å². The van der Waals surface area contributed by atoms with Gasteiger partial charge in [0.1, 0.15) is 16.5 Å². The Morgan fingerprint density at radius 3 is 2.36 bits per heavy atom. The van der Waals surface area contributed by atoms with Gasteiger partial charge in [0.25, 0.3) is 11.8 Å². The normalized spacial score (nSPS) is 25.4. The number of likely N-dealkylation sites (N-methyl/N-ethyl adjacent to an activating group) is 1. The zero-order valence-electron chi connectivity index (χ0n) is 15.3. The van der Waals surface area contributed by atoms with E-state index in [4.69, 9.17) is 11.0 Å². The predicted molar refractivity (Wildman–Crippen MR) is 99.6 cm³/mol. The lowest BCUT2D eigenvalue weighted by Crippen LogP contribution is -2.61. The largest absolute Gasteiger partial charge is 0.369 e. The average molecular weight is 406 g/mol. The highest BCUT2D eigenvalue weighted by Gasteiger charge is 2.62. The summed E-state index contributed by atoms with van der Waals surface area (Å²) in [4.78, 5) is 18.8. The Morgan fingerprint density at radius 1 is 1.25 bits per heavy atom. The first-order valence-corrected chi connectivity index (χ1v) is 9.08. The van der Waals surface area contributed by atoms with E-state index in [1.165, 1.54) is 26.1 Å². The van der Waals surface area contributed by atoms with Crippen LogP contribution in [0.5, 0.6) is 0 Å². The molecule has 2 N–H and O–H groups in total. The Bertz CT molecular complexity index is 1010. The van der Waals surface area contributed by atoms with E-state index in [1.807, 2.05) is 6.07 Å². The Kier molecular flexibility index (Phi) is 4.51. The minimum atomic E-state index is -3.10. The molecule has 3 rings (SSSR count). The summed E-state index contributed by atoms with van der Waals surface area (Å²) in [6.07, 6.45) is 0. The maximum absolute atomic E-state index is 16.6. The number of nitrogens with zero attached hydrogens (tertiary/aromatic N) is 3. The third-order valence-corrected chi connectivity index (χ3v) is 6.14. The van der Waals surface area contributed by atoms with Crippen LogP contribution in [-0.2, 0) is 21.9 Å². The molecule has 2 atom stereocenters. The number of benzene rings is 1. The number of hydrogen-bond acceptors (Lipinski definition) is 5. The molecular formula is C19H17F3N4OS. The van der Waals surface area contributed by atoms with E-state index < -0.39 is 23.0 Å². The molecule has 1 aliphatic rings. The van der Waals surface area contributed by atoms with E-state index in [0.717, 1.165) is 47.4 Å². The average Bonchev–Trinajstić information content (AvgIpc) is 3.14. The van der Waals surface area contributed by atoms with Gasteiger partial charge in [-0.2, -0.15) is 5.26 Å². The predicted octanol–water partition coefficient (Wildman–Crippen LogP) is 3.60. The number of alkyl halides is 3. The molecule has 2 unspecified atom stereocenters. The third-order valence-electron chi connectivity index (χ3n) is 4.94. The second kappa shape index (κ2) is 6.34. The maximum atomic E-state index is 16.6. The molecule has 0 bridgehead atoms. The number of nitrogens with two attached hydrogens (primary N) is 1. The highest BCUT2D eigenvalue weighted by molar-refractivity contribution is 7.12. The van der Waals surface area contributed by atoms with E-state index >= 15 is 4.39 Å². The maximum Gasteiger partial charge on any atom is 0.274 e. The zero-order valence-corrected chi connectivity index (χ0v) is 16.1. The molecule has 0 saturated heterocycles. The number of amides is 1. The number of carbonyl (C=O) groups is 1. The molecule has 2 aromatic rings. The van der Waals surface area contributed by atoms with E-state index in [0.29, 0.717) is 9.75 Å². The smallest absolute Gasteiger partial charge is 0.274 e.